The maximum atomic E-state index is 13.3. The molecule has 4 rings (SSSR count). The van der Waals surface area contributed by atoms with Crippen molar-refractivity contribution < 1.29 is 4.79 Å². The molecule has 0 saturated carbocycles. The molecule has 6 heteroatoms. The van der Waals surface area contributed by atoms with Crippen molar-refractivity contribution in [1.82, 2.24) is 14.7 Å². The molecule has 1 saturated heterocycles. The van der Waals surface area contributed by atoms with Gasteiger partial charge in [0.1, 0.15) is 0 Å². The highest BCUT2D eigenvalue weighted by Crippen LogP contribution is 2.33. The Kier molecular flexibility index (Phi) is 5.56. The molecule has 3 heterocycles. The molecule has 1 aromatic carbocycles. The first-order valence-electron chi connectivity index (χ1n) is 9.67. The average Bonchev–Trinajstić information content (AvgIpc) is 3.29. The number of likely N-dealkylation sites (tertiary alicyclic amines) is 1. The van der Waals surface area contributed by atoms with Crippen LogP contribution in [0.3, 0.4) is 0 Å². The third-order valence-corrected chi connectivity index (χ3v) is 6.95. The Morgan fingerprint density at radius 1 is 1.25 bits per heavy atom. The molecule has 1 unspecified atom stereocenters. The number of aromatic nitrogens is 2. The summed E-state index contributed by atoms with van der Waals surface area (Å²) in [6.07, 6.45) is 3.26. The quantitative estimate of drug-likeness (QED) is 0.555. The maximum absolute atomic E-state index is 13.3. The second kappa shape index (κ2) is 8.10. The fourth-order valence-electron chi connectivity index (χ4n) is 3.91. The number of carbonyl (C=O) groups excluding carboxylic acids is 1. The number of hydrogen-bond donors (Lipinski definition) is 0. The second-order valence-corrected chi connectivity index (χ2v) is 8.67. The van der Waals surface area contributed by atoms with Crippen molar-refractivity contribution in [3.63, 3.8) is 0 Å². The third kappa shape index (κ3) is 3.74. The van der Waals surface area contributed by atoms with Gasteiger partial charge in [-0.3, -0.25) is 9.48 Å². The molecule has 1 aliphatic heterocycles. The molecular weight excluding hydrogens is 390 g/mol. The Morgan fingerprint density at radius 2 is 2.04 bits per heavy atom. The van der Waals surface area contributed by atoms with E-state index in [9.17, 15) is 4.79 Å². The minimum Gasteiger partial charge on any atom is -0.331 e. The molecule has 0 N–H and O–H groups in total. The van der Waals surface area contributed by atoms with Crippen LogP contribution >= 0.6 is 22.9 Å². The van der Waals surface area contributed by atoms with Crippen molar-refractivity contribution in [2.75, 3.05) is 6.54 Å². The zero-order chi connectivity index (χ0) is 19.7. The van der Waals surface area contributed by atoms with Crippen LogP contribution < -0.4 is 0 Å². The lowest BCUT2D eigenvalue weighted by Crippen LogP contribution is -2.38. The van der Waals surface area contributed by atoms with Crippen LogP contribution in [0.5, 0.6) is 0 Å². The maximum Gasteiger partial charge on any atom is 0.264 e. The molecule has 1 aliphatic rings. The summed E-state index contributed by atoms with van der Waals surface area (Å²) in [6, 6.07) is 12.6. The van der Waals surface area contributed by atoms with Crippen molar-refractivity contribution in [2.45, 2.75) is 45.7 Å². The van der Waals surface area contributed by atoms with Gasteiger partial charge in [0, 0.05) is 6.54 Å². The monoisotopic (exact) mass is 413 g/mol. The van der Waals surface area contributed by atoms with Crippen LogP contribution in [-0.4, -0.2) is 27.1 Å². The van der Waals surface area contributed by atoms with Gasteiger partial charge in [-0.25, -0.2) is 0 Å². The average molecular weight is 414 g/mol. The molecule has 4 nitrogen and oxygen atoms in total. The molecule has 0 bridgehead atoms. The number of hydrogen-bond acceptors (Lipinski definition) is 3. The number of benzene rings is 1. The van der Waals surface area contributed by atoms with Crippen LogP contribution in [0.25, 0.3) is 0 Å². The van der Waals surface area contributed by atoms with E-state index >= 15 is 0 Å². The molecule has 3 aromatic rings. The molecule has 0 radical (unpaired) electrons. The predicted octanol–water partition coefficient (Wildman–Crippen LogP) is 5.63. The van der Waals surface area contributed by atoms with E-state index in [2.05, 4.69) is 39.6 Å². The summed E-state index contributed by atoms with van der Waals surface area (Å²) in [4.78, 5) is 16.1. The standard InChI is InChI=1S/C22H24ClN3OS/c1-15-21(23)16(2)26(24-15)13-17-12-20(28-14-17)22(27)25-11-7-6-10-19(25)18-8-4-3-5-9-18/h3-5,8-9,12,14,19H,6-7,10-11,13H2,1-2H3. The molecule has 1 atom stereocenters. The summed E-state index contributed by atoms with van der Waals surface area (Å²) in [7, 11) is 0. The van der Waals surface area contributed by atoms with Gasteiger partial charge in [0.15, 0.2) is 0 Å². The lowest BCUT2D eigenvalue weighted by Gasteiger charge is -2.36. The molecule has 146 valence electrons. The third-order valence-electron chi connectivity index (χ3n) is 5.44. The highest BCUT2D eigenvalue weighted by atomic mass is 35.5. The number of amides is 1. The highest BCUT2D eigenvalue weighted by molar-refractivity contribution is 7.12. The van der Waals surface area contributed by atoms with Gasteiger partial charge < -0.3 is 4.90 Å². The lowest BCUT2D eigenvalue weighted by molar-refractivity contribution is 0.0616. The Bertz CT molecular complexity index is 979. The number of nitrogens with zero attached hydrogens (tertiary/aromatic N) is 3. The molecule has 28 heavy (non-hydrogen) atoms. The molecule has 0 aliphatic carbocycles. The van der Waals surface area contributed by atoms with Gasteiger partial charge in [-0.15, -0.1) is 11.3 Å². The van der Waals surface area contributed by atoms with E-state index in [1.165, 1.54) is 16.9 Å². The first-order chi connectivity index (χ1) is 13.5. The van der Waals surface area contributed by atoms with Crippen molar-refractivity contribution in [3.8, 4) is 0 Å². The molecular formula is C22H24ClN3OS. The van der Waals surface area contributed by atoms with Gasteiger partial charge in [-0.05, 0) is 55.7 Å². The van der Waals surface area contributed by atoms with Gasteiger partial charge in [-0.2, -0.15) is 5.10 Å². The predicted molar refractivity (Wildman–Crippen MR) is 114 cm³/mol. The summed E-state index contributed by atoms with van der Waals surface area (Å²) in [5.74, 6) is 0.135. The van der Waals surface area contributed by atoms with Crippen LogP contribution in [0.2, 0.25) is 5.02 Å². The normalized spacial score (nSPS) is 17.1. The Morgan fingerprint density at radius 3 is 2.75 bits per heavy atom. The van der Waals surface area contributed by atoms with Gasteiger partial charge in [-0.1, -0.05) is 41.9 Å². The summed E-state index contributed by atoms with van der Waals surface area (Å²) in [5, 5.41) is 7.26. The van der Waals surface area contributed by atoms with Crippen molar-refractivity contribution in [2.24, 2.45) is 0 Å². The zero-order valence-corrected chi connectivity index (χ0v) is 17.8. The van der Waals surface area contributed by atoms with Gasteiger partial charge in [0.05, 0.1) is 33.9 Å². The first-order valence-corrected chi connectivity index (χ1v) is 10.9. The largest absolute Gasteiger partial charge is 0.331 e. The highest BCUT2D eigenvalue weighted by Gasteiger charge is 2.29. The van der Waals surface area contributed by atoms with E-state index < -0.39 is 0 Å². The fourth-order valence-corrected chi connectivity index (χ4v) is 4.90. The van der Waals surface area contributed by atoms with Crippen LogP contribution in [0.4, 0.5) is 0 Å². The Hall–Kier alpha value is -2.11. The summed E-state index contributed by atoms with van der Waals surface area (Å²) in [5.41, 5.74) is 4.11. The van der Waals surface area contributed by atoms with E-state index in [-0.39, 0.29) is 11.9 Å². The van der Waals surface area contributed by atoms with Gasteiger partial charge in [0.2, 0.25) is 0 Å². The van der Waals surface area contributed by atoms with Gasteiger partial charge >= 0.3 is 0 Å². The minimum absolute atomic E-state index is 0.135. The number of halogens is 1. The van der Waals surface area contributed by atoms with E-state index in [0.717, 1.165) is 47.6 Å². The minimum atomic E-state index is 0.135. The lowest BCUT2D eigenvalue weighted by atomic mass is 9.95. The summed E-state index contributed by atoms with van der Waals surface area (Å²) in [6.45, 7) is 5.33. The summed E-state index contributed by atoms with van der Waals surface area (Å²) < 4.78 is 1.90. The number of carbonyl (C=O) groups is 1. The van der Waals surface area contributed by atoms with Crippen molar-refractivity contribution in [3.05, 3.63) is 74.2 Å². The number of rotatable bonds is 4. The van der Waals surface area contributed by atoms with Crippen LogP contribution in [-0.2, 0) is 6.54 Å². The molecule has 1 fully saturated rings. The number of piperidine rings is 1. The fraction of sp³-hybridized carbons (Fsp3) is 0.364. The van der Waals surface area contributed by atoms with Gasteiger partial charge in [0.25, 0.3) is 5.91 Å². The van der Waals surface area contributed by atoms with Crippen LogP contribution in [0.15, 0.2) is 41.8 Å². The number of aryl methyl sites for hydroxylation is 1. The van der Waals surface area contributed by atoms with Crippen LogP contribution in [0.1, 0.15) is 57.5 Å². The van der Waals surface area contributed by atoms with Crippen molar-refractivity contribution >= 4 is 28.8 Å². The Balaban J connectivity index is 1.54. The topological polar surface area (TPSA) is 38.1 Å². The smallest absolute Gasteiger partial charge is 0.264 e. The van der Waals surface area contributed by atoms with Crippen LogP contribution in [0, 0.1) is 13.8 Å². The van der Waals surface area contributed by atoms with E-state index in [1.54, 1.807) is 0 Å². The molecule has 2 aromatic heterocycles. The van der Waals surface area contributed by atoms with E-state index in [0.29, 0.717) is 11.6 Å². The second-order valence-electron chi connectivity index (χ2n) is 7.38. The number of thiophene rings is 1. The Labute approximate surface area is 174 Å². The van der Waals surface area contributed by atoms with Crippen molar-refractivity contribution in [1.29, 1.82) is 0 Å². The van der Waals surface area contributed by atoms with E-state index in [4.69, 9.17) is 11.6 Å². The molecule has 0 spiro atoms. The summed E-state index contributed by atoms with van der Waals surface area (Å²) >= 11 is 7.77. The molecule has 1 amide bonds. The SMILES string of the molecule is Cc1nn(Cc2csc(C(=O)N3CCCCC3c3ccccc3)c2)c(C)c1Cl. The zero-order valence-electron chi connectivity index (χ0n) is 16.2. The first kappa shape index (κ1) is 19.2. The van der Waals surface area contributed by atoms with E-state index in [1.807, 2.05) is 30.7 Å².